The Labute approximate surface area is 65.4 Å². The Bertz CT molecular complexity index is 336. The molecule has 0 aliphatic carbocycles. The number of H-pyrrole nitrogens is 1. The van der Waals surface area contributed by atoms with Gasteiger partial charge in [0.25, 0.3) is 5.56 Å². The zero-order chi connectivity index (χ0) is 7.56. The molecule has 0 unspecified atom stereocenters. The molecular formula is C6H3BrN2O. The van der Waals surface area contributed by atoms with Gasteiger partial charge in [-0.15, -0.1) is 0 Å². The van der Waals surface area contributed by atoms with Crippen LogP contribution < -0.4 is 5.56 Å². The van der Waals surface area contributed by atoms with Crippen molar-refractivity contribution in [3.63, 3.8) is 0 Å². The molecule has 1 rings (SSSR count). The van der Waals surface area contributed by atoms with Crippen LogP contribution in [0.4, 0.5) is 0 Å². The van der Waals surface area contributed by atoms with E-state index in [1.165, 1.54) is 12.3 Å². The minimum atomic E-state index is -0.279. The molecule has 0 aliphatic heterocycles. The van der Waals surface area contributed by atoms with Crippen molar-refractivity contribution < 1.29 is 0 Å². The van der Waals surface area contributed by atoms with Crippen molar-refractivity contribution in [2.24, 2.45) is 0 Å². The second kappa shape index (κ2) is 2.67. The van der Waals surface area contributed by atoms with E-state index < -0.39 is 0 Å². The zero-order valence-corrected chi connectivity index (χ0v) is 6.47. The molecule has 1 heterocycles. The van der Waals surface area contributed by atoms with E-state index in [4.69, 9.17) is 5.26 Å². The standard InChI is InChI=1S/C6H3BrN2O/c7-5-4(3-8)1-2-9-6(5)10/h1-2H,(H,9,10). The molecule has 0 saturated carbocycles. The summed E-state index contributed by atoms with van der Waals surface area (Å²) in [5.74, 6) is 0. The fraction of sp³-hybridized carbons (Fsp3) is 0. The van der Waals surface area contributed by atoms with Gasteiger partial charge in [0, 0.05) is 6.20 Å². The van der Waals surface area contributed by atoms with Gasteiger partial charge >= 0.3 is 0 Å². The van der Waals surface area contributed by atoms with Crippen molar-refractivity contribution in [1.29, 1.82) is 5.26 Å². The van der Waals surface area contributed by atoms with Crippen molar-refractivity contribution in [2.75, 3.05) is 0 Å². The lowest BCUT2D eigenvalue weighted by Gasteiger charge is -1.88. The van der Waals surface area contributed by atoms with E-state index in [0.29, 0.717) is 5.56 Å². The van der Waals surface area contributed by atoms with Gasteiger partial charge in [-0.25, -0.2) is 0 Å². The van der Waals surface area contributed by atoms with Crippen LogP contribution in [0.25, 0.3) is 0 Å². The van der Waals surface area contributed by atoms with E-state index in [-0.39, 0.29) is 10.0 Å². The summed E-state index contributed by atoms with van der Waals surface area (Å²) in [4.78, 5) is 13.2. The van der Waals surface area contributed by atoms with Crippen LogP contribution in [0.5, 0.6) is 0 Å². The van der Waals surface area contributed by atoms with Crippen molar-refractivity contribution in [3.05, 3.63) is 32.7 Å². The maximum Gasteiger partial charge on any atom is 0.263 e. The lowest BCUT2D eigenvalue weighted by Crippen LogP contribution is -2.06. The largest absolute Gasteiger partial charge is 0.328 e. The number of hydrogen-bond acceptors (Lipinski definition) is 2. The number of rotatable bonds is 0. The van der Waals surface area contributed by atoms with Gasteiger partial charge in [0.05, 0.1) is 5.56 Å². The van der Waals surface area contributed by atoms with Gasteiger partial charge in [-0.1, -0.05) is 0 Å². The SMILES string of the molecule is N#Cc1cc[nH]c(=O)c1Br. The fourth-order valence-corrected chi connectivity index (χ4v) is 0.881. The van der Waals surface area contributed by atoms with Gasteiger partial charge in [-0.05, 0) is 22.0 Å². The van der Waals surface area contributed by atoms with E-state index in [0.717, 1.165) is 0 Å². The number of nitrogens with zero attached hydrogens (tertiary/aromatic N) is 1. The number of aromatic nitrogens is 1. The minimum absolute atomic E-state index is 0.279. The van der Waals surface area contributed by atoms with Gasteiger partial charge < -0.3 is 4.98 Å². The molecule has 0 atom stereocenters. The number of aromatic amines is 1. The van der Waals surface area contributed by atoms with Crippen LogP contribution in [0.2, 0.25) is 0 Å². The number of nitriles is 1. The molecule has 1 aromatic rings. The highest BCUT2D eigenvalue weighted by Crippen LogP contribution is 2.07. The molecule has 0 fully saturated rings. The normalized spacial score (nSPS) is 8.80. The summed E-state index contributed by atoms with van der Waals surface area (Å²) >= 11 is 2.97. The summed E-state index contributed by atoms with van der Waals surface area (Å²) in [5, 5.41) is 8.41. The predicted molar refractivity (Wildman–Crippen MR) is 39.5 cm³/mol. The van der Waals surface area contributed by atoms with Gasteiger partial charge in [0.1, 0.15) is 10.5 Å². The van der Waals surface area contributed by atoms with E-state index in [9.17, 15) is 4.79 Å². The van der Waals surface area contributed by atoms with E-state index in [1.54, 1.807) is 0 Å². The smallest absolute Gasteiger partial charge is 0.263 e. The van der Waals surface area contributed by atoms with Crippen LogP contribution in [-0.2, 0) is 0 Å². The first kappa shape index (κ1) is 7.03. The molecule has 0 bridgehead atoms. The van der Waals surface area contributed by atoms with Gasteiger partial charge in [-0.3, -0.25) is 4.79 Å². The third kappa shape index (κ3) is 1.09. The minimum Gasteiger partial charge on any atom is -0.328 e. The first-order chi connectivity index (χ1) is 4.75. The molecule has 0 radical (unpaired) electrons. The Morgan fingerprint density at radius 2 is 2.40 bits per heavy atom. The summed E-state index contributed by atoms with van der Waals surface area (Å²) in [6, 6.07) is 3.40. The maximum atomic E-state index is 10.7. The summed E-state index contributed by atoms with van der Waals surface area (Å²) in [6.45, 7) is 0. The second-order valence-corrected chi connectivity index (χ2v) is 2.44. The molecule has 0 spiro atoms. The van der Waals surface area contributed by atoms with Crippen LogP contribution in [-0.4, -0.2) is 4.98 Å². The van der Waals surface area contributed by atoms with Crippen molar-refractivity contribution in [2.45, 2.75) is 0 Å². The predicted octanol–water partition coefficient (Wildman–Crippen LogP) is 1.01. The highest BCUT2D eigenvalue weighted by atomic mass is 79.9. The number of nitrogens with one attached hydrogen (secondary N) is 1. The first-order valence-electron chi connectivity index (χ1n) is 2.53. The van der Waals surface area contributed by atoms with Crippen molar-refractivity contribution >= 4 is 15.9 Å². The zero-order valence-electron chi connectivity index (χ0n) is 4.89. The quantitative estimate of drug-likeness (QED) is 0.677. The number of pyridine rings is 1. The Kier molecular flexibility index (Phi) is 1.88. The Balaban J connectivity index is 3.46. The Morgan fingerprint density at radius 1 is 1.70 bits per heavy atom. The average molecular weight is 199 g/mol. The molecule has 10 heavy (non-hydrogen) atoms. The lowest BCUT2D eigenvalue weighted by atomic mass is 10.3. The highest BCUT2D eigenvalue weighted by Gasteiger charge is 1.99. The highest BCUT2D eigenvalue weighted by molar-refractivity contribution is 9.10. The molecule has 0 amide bonds. The monoisotopic (exact) mass is 198 g/mol. The molecular weight excluding hydrogens is 196 g/mol. The summed E-state index contributed by atoms with van der Waals surface area (Å²) < 4.78 is 0.289. The number of hydrogen-bond donors (Lipinski definition) is 1. The molecule has 50 valence electrons. The summed E-state index contributed by atoms with van der Waals surface area (Å²) in [7, 11) is 0. The molecule has 1 N–H and O–H groups in total. The second-order valence-electron chi connectivity index (χ2n) is 1.65. The van der Waals surface area contributed by atoms with E-state index >= 15 is 0 Å². The summed E-state index contributed by atoms with van der Waals surface area (Å²) in [6.07, 6.45) is 1.44. The van der Waals surface area contributed by atoms with Crippen LogP contribution in [0.1, 0.15) is 5.56 Å². The third-order valence-electron chi connectivity index (χ3n) is 1.02. The first-order valence-corrected chi connectivity index (χ1v) is 3.32. The van der Waals surface area contributed by atoms with Crippen molar-refractivity contribution in [3.8, 4) is 6.07 Å². The molecule has 3 nitrogen and oxygen atoms in total. The van der Waals surface area contributed by atoms with Gasteiger partial charge in [0.15, 0.2) is 0 Å². The van der Waals surface area contributed by atoms with Gasteiger partial charge in [0.2, 0.25) is 0 Å². The molecule has 0 saturated heterocycles. The van der Waals surface area contributed by atoms with Crippen LogP contribution in [0.15, 0.2) is 21.5 Å². The third-order valence-corrected chi connectivity index (χ3v) is 1.81. The number of halogens is 1. The summed E-state index contributed by atoms with van der Waals surface area (Å²) in [5.41, 5.74) is 0.0720. The van der Waals surface area contributed by atoms with E-state index in [2.05, 4.69) is 20.9 Å². The molecule has 0 aromatic carbocycles. The Hall–Kier alpha value is -1.08. The topological polar surface area (TPSA) is 56.6 Å². The molecule has 1 aromatic heterocycles. The van der Waals surface area contributed by atoms with Gasteiger partial charge in [-0.2, -0.15) is 5.26 Å². The fourth-order valence-electron chi connectivity index (χ4n) is 0.546. The van der Waals surface area contributed by atoms with Crippen LogP contribution in [0.3, 0.4) is 0 Å². The average Bonchev–Trinajstić information content (AvgIpc) is 1.95. The Morgan fingerprint density at radius 3 is 2.90 bits per heavy atom. The van der Waals surface area contributed by atoms with Crippen LogP contribution >= 0.6 is 15.9 Å². The van der Waals surface area contributed by atoms with Crippen LogP contribution in [0, 0.1) is 11.3 Å². The molecule has 4 heteroatoms. The van der Waals surface area contributed by atoms with Crippen molar-refractivity contribution in [1.82, 2.24) is 4.98 Å². The van der Waals surface area contributed by atoms with E-state index in [1.807, 2.05) is 6.07 Å². The maximum absolute atomic E-state index is 10.7. The molecule has 0 aliphatic rings. The lowest BCUT2D eigenvalue weighted by molar-refractivity contribution is 1.20.